The lowest BCUT2D eigenvalue weighted by atomic mass is 10.0. The number of hydrogen-bond acceptors (Lipinski definition) is 3. The lowest BCUT2D eigenvalue weighted by Crippen LogP contribution is -1.93. The molecule has 0 saturated heterocycles. The van der Waals surface area contributed by atoms with Gasteiger partial charge in [0.15, 0.2) is 4.77 Å². The Morgan fingerprint density at radius 1 is 1.29 bits per heavy atom. The number of nitrogens with zero attached hydrogens (tertiary/aromatic N) is 3. The van der Waals surface area contributed by atoms with Crippen LogP contribution in [-0.2, 0) is 20.5 Å². The monoisotopic (exact) mass is 299 g/mol. The fourth-order valence-electron chi connectivity index (χ4n) is 2.63. The number of para-hydroxylation sites is 1. The maximum Gasteiger partial charge on any atom is 0.217 e. The molecule has 0 amide bonds. The predicted molar refractivity (Wildman–Crippen MR) is 88.7 cm³/mol. The van der Waals surface area contributed by atoms with Gasteiger partial charge in [0.2, 0.25) is 5.88 Å². The number of aliphatic imine (C=N–C) groups is 1. The summed E-state index contributed by atoms with van der Waals surface area (Å²) >= 11 is 5.26. The van der Waals surface area contributed by atoms with Crippen molar-refractivity contribution in [1.82, 2.24) is 9.13 Å². The fourth-order valence-corrected chi connectivity index (χ4v) is 2.81. The van der Waals surface area contributed by atoms with Crippen LogP contribution in [0, 0.1) is 4.77 Å². The van der Waals surface area contributed by atoms with Gasteiger partial charge in [-0.3, -0.25) is 9.56 Å². The highest BCUT2D eigenvalue weighted by Gasteiger charge is 2.17. The Balaban J connectivity index is 2.17. The van der Waals surface area contributed by atoms with E-state index < -0.39 is 0 Å². The molecule has 0 spiro atoms. The van der Waals surface area contributed by atoms with Crippen molar-refractivity contribution in [2.45, 2.75) is 13.3 Å². The van der Waals surface area contributed by atoms with Gasteiger partial charge in [-0.25, -0.2) is 0 Å². The third-order valence-electron chi connectivity index (χ3n) is 3.92. The minimum atomic E-state index is 0.170. The first-order valence-corrected chi connectivity index (χ1v) is 7.28. The third-order valence-corrected chi connectivity index (χ3v) is 4.47. The Morgan fingerprint density at radius 3 is 2.67 bits per heavy atom. The number of rotatable bonds is 2. The predicted octanol–water partition coefficient (Wildman–Crippen LogP) is 3.62. The molecule has 4 nitrogen and oxygen atoms in total. The van der Waals surface area contributed by atoms with Gasteiger partial charge in [-0.2, -0.15) is 0 Å². The summed E-state index contributed by atoms with van der Waals surface area (Å²) in [4.78, 5) is 4.52. The molecule has 1 N–H and O–H groups in total. The van der Waals surface area contributed by atoms with Crippen LogP contribution in [-0.4, -0.2) is 20.5 Å². The van der Waals surface area contributed by atoms with E-state index in [9.17, 15) is 5.11 Å². The Morgan fingerprint density at radius 2 is 2.05 bits per heavy atom. The summed E-state index contributed by atoms with van der Waals surface area (Å²) in [5, 5.41) is 10.2. The number of hydrogen-bond donors (Lipinski definition) is 1. The highest BCUT2D eigenvalue weighted by atomic mass is 32.1. The summed E-state index contributed by atoms with van der Waals surface area (Å²) in [6.45, 7) is 2.12. The van der Waals surface area contributed by atoms with Gasteiger partial charge in [0.25, 0.3) is 0 Å². The molecule has 1 aliphatic heterocycles. The van der Waals surface area contributed by atoms with Crippen LogP contribution in [0.1, 0.15) is 23.7 Å². The largest absolute Gasteiger partial charge is 0.493 e. The highest BCUT2D eigenvalue weighted by molar-refractivity contribution is 7.71. The first kappa shape index (κ1) is 13.8. The Labute approximate surface area is 128 Å². The molecule has 1 aromatic carbocycles. The van der Waals surface area contributed by atoms with Gasteiger partial charge in [-0.05, 0) is 30.3 Å². The molecule has 5 heteroatoms. The summed E-state index contributed by atoms with van der Waals surface area (Å²) in [7, 11) is 3.61. The molecule has 0 bridgehead atoms. The summed E-state index contributed by atoms with van der Waals surface area (Å²) < 4.78 is 3.97. The van der Waals surface area contributed by atoms with Crippen LogP contribution < -0.4 is 0 Å². The number of fused-ring (bicyclic) bond motifs is 1. The third kappa shape index (κ3) is 2.05. The number of aromatic nitrogens is 2. The Hall–Kier alpha value is -2.14. The Kier molecular flexibility index (Phi) is 3.29. The zero-order valence-electron chi connectivity index (χ0n) is 12.3. The lowest BCUT2D eigenvalue weighted by Gasteiger charge is -2.04. The highest BCUT2D eigenvalue weighted by Crippen LogP contribution is 2.36. The van der Waals surface area contributed by atoms with Crippen molar-refractivity contribution in [1.29, 1.82) is 0 Å². The average molecular weight is 299 g/mol. The molecule has 0 unspecified atom stereocenters. The van der Waals surface area contributed by atoms with E-state index in [1.54, 1.807) is 16.2 Å². The second kappa shape index (κ2) is 5.00. The molecule has 1 aliphatic rings. The standard InChI is InChI=1S/C16H17N3OS/c1-4-10-6-5-7-12-11(9-17-14(10)12)8-13-15(20)19(3)16(21)18(13)2/h5-9,20H,4H2,1-3H3. The van der Waals surface area contributed by atoms with E-state index in [1.165, 1.54) is 5.56 Å². The van der Waals surface area contributed by atoms with Crippen LogP contribution in [0.4, 0.5) is 5.69 Å². The van der Waals surface area contributed by atoms with E-state index in [4.69, 9.17) is 12.2 Å². The van der Waals surface area contributed by atoms with Crippen LogP contribution in [0.15, 0.2) is 23.2 Å². The van der Waals surface area contributed by atoms with Crippen molar-refractivity contribution in [3.05, 3.63) is 39.8 Å². The van der Waals surface area contributed by atoms with E-state index in [2.05, 4.69) is 24.0 Å². The van der Waals surface area contributed by atoms with Gasteiger partial charge in [-0.1, -0.05) is 25.1 Å². The van der Waals surface area contributed by atoms with Crippen LogP contribution >= 0.6 is 12.2 Å². The first-order valence-electron chi connectivity index (χ1n) is 6.87. The summed E-state index contributed by atoms with van der Waals surface area (Å²) in [5.74, 6) is 0.170. The maximum atomic E-state index is 10.2. The number of imidazole rings is 1. The molecule has 3 rings (SSSR count). The topological polar surface area (TPSA) is 42.5 Å². The van der Waals surface area contributed by atoms with E-state index >= 15 is 0 Å². The van der Waals surface area contributed by atoms with Gasteiger partial charge in [-0.15, -0.1) is 0 Å². The number of aryl methyl sites for hydroxylation is 1. The second-order valence-electron chi connectivity index (χ2n) is 5.13. The summed E-state index contributed by atoms with van der Waals surface area (Å²) in [6.07, 6.45) is 4.73. The van der Waals surface area contributed by atoms with E-state index in [-0.39, 0.29) is 5.88 Å². The molecule has 1 aromatic heterocycles. The van der Waals surface area contributed by atoms with Crippen LogP contribution in [0.2, 0.25) is 0 Å². The van der Waals surface area contributed by atoms with Crippen LogP contribution in [0.25, 0.3) is 11.6 Å². The van der Waals surface area contributed by atoms with Gasteiger partial charge >= 0.3 is 0 Å². The van der Waals surface area contributed by atoms with Gasteiger partial charge in [0.1, 0.15) is 5.69 Å². The molecular formula is C16H17N3OS. The van der Waals surface area contributed by atoms with E-state index in [1.807, 2.05) is 25.4 Å². The minimum absolute atomic E-state index is 0.170. The minimum Gasteiger partial charge on any atom is -0.493 e. The first-order chi connectivity index (χ1) is 10.0. The average Bonchev–Trinajstić information content (AvgIpc) is 2.99. The Bertz CT molecular complexity index is 840. The molecule has 2 heterocycles. The molecular weight excluding hydrogens is 282 g/mol. The number of benzene rings is 1. The van der Waals surface area contributed by atoms with Crippen LogP contribution in [0.3, 0.4) is 0 Å². The molecule has 2 aromatic rings. The van der Waals surface area contributed by atoms with Crippen molar-refractivity contribution in [3.63, 3.8) is 0 Å². The summed E-state index contributed by atoms with van der Waals surface area (Å²) in [6, 6.07) is 6.20. The van der Waals surface area contributed by atoms with Crippen molar-refractivity contribution >= 4 is 35.8 Å². The SMILES string of the molecule is CCc1cccc2c1N=CC2=Cc1c(O)n(C)c(=S)n1C. The molecule has 0 aliphatic carbocycles. The molecule has 0 fully saturated rings. The van der Waals surface area contributed by atoms with Crippen molar-refractivity contribution in [2.75, 3.05) is 0 Å². The van der Waals surface area contributed by atoms with E-state index in [0.29, 0.717) is 10.5 Å². The van der Waals surface area contributed by atoms with Crippen molar-refractivity contribution in [3.8, 4) is 5.88 Å². The zero-order valence-corrected chi connectivity index (χ0v) is 13.1. The quantitative estimate of drug-likeness (QED) is 0.861. The molecule has 108 valence electrons. The number of aromatic hydroxyl groups is 1. The molecule has 0 atom stereocenters. The molecule has 0 radical (unpaired) electrons. The van der Waals surface area contributed by atoms with Gasteiger partial charge in [0, 0.05) is 31.4 Å². The smallest absolute Gasteiger partial charge is 0.217 e. The van der Waals surface area contributed by atoms with Crippen LogP contribution in [0.5, 0.6) is 5.88 Å². The van der Waals surface area contributed by atoms with Gasteiger partial charge < -0.3 is 9.67 Å². The van der Waals surface area contributed by atoms with Crippen molar-refractivity contribution < 1.29 is 5.11 Å². The normalized spacial score (nSPS) is 14.9. The molecule has 0 saturated carbocycles. The van der Waals surface area contributed by atoms with Gasteiger partial charge in [0.05, 0.1) is 5.69 Å². The summed E-state index contributed by atoms with van der Waals surface area (Å²) in [5.41, 5.74) is 5.05. The second-order valence-corrected chi connectivity index (χ2v) is 5.50. The van der Waals surface area contributed by atoms with Crippen molar-refractivity contribution in [2.24, 2.45) is 19.1 Å². The molecule has 21 heavy (non-hydrogen) atoms. The van der Waals surface area contributed by atoms with E-state index in [0.717, 1.165) is 23.2 Å². The number of allylic oxidation sites excluding steroid dienone is 1. The zero-order chi connectivity index (χ0) is 15.1. The maximum absolute atomic E-state index is 10.2. The fraction of sp³-hybridized carbons (Fsp3) is 0.250. The lowest BCUT2D eigenvalue weighted by molar-refractivity contribution is 0.430.